The van der Waals surface area contributed by atoms with Gasteiger partial charge in [0.05, 0.1) is 30.2 Å². The van der Waals surface area contributed by atoms with E-state index in [2.05, 4.69) is 24.9 Å². The van der Waals surface area contributed by atoms with E-state index >= 15 is 0 Å². The molecule has 1 aliphatic carbocycles. The molecular weight excluding hydrogens is 436 g/mol. The molecule has 35 heavy (non-hydrogen) atoms. The number of nitrogens with zero attached hydrogens (tertiary/aromatic N) is 2. The number of carbonyl (C=O) groups excluding carboxylic acids is 1. The van der Waals surface area contributed by atoms with Crippen LogP contribution >= 0.6 is 0 Å². The van der Waals surface area contributed by atoms with E-state index in [4.69, 9.17) is 9.47 Å². The fourth-order valence-corrected chi connectivity index (χ4v) is 5.02. The van der Waals surface area contributed by atoms with E-state index < -0.39 is 0 Å². The van der Waals surface area contributed by atoms with Crippen LogP contribution < -0.4 is 9.47 Å². The molecule has 0 aliphatic heterocycles. The van der Waals surface area contributed by atoms with Crippen molar-refractivity contribution in [3.8, 4) is 17.7 Å². The maximum Gasteiger partial charge on any atom is 0.314 e. The Bertz CT molecular complexity index is 733. The van der Waals surface area contributed by atoms with Gasteiger partial charge in [0.25, 0.3) is 0 Å². The van der Waals surface area contributed by atoms with E-state index in [1.54, 1.807) is 18.3 Å². The lowest BCUT2D eigenvalue weighted by atomic mass is 9.69. The minimum Gasteiger partial charge on any atom is -0.478 e. The van der Waals surface area contributed by atoms with E-state index in [-0.39, 0.29) is 17.3 Å². The first kappa shape index (κ1) is 29.1. The number of unbranched alkanes of at least 4 members (excludes halogenated alkanes) is 11. The lowest BCUT2D eigenvalue weighted by molar-refractivity contribution is -0.140. The van der Waals surface area contributed by atoms with Crippen molar-refractivity contribution in [3.05, 3.63) is 18.3 Å². The number of rotatable bonds is 18. The number of hydrogen-bond donors (Lipinski definition) is 0. The van der Waals surface area contributed by atoms with Crippen molar-refractivity contribution in [1.82, 2.24) is 4.98 Å². The summed E-state index contributed by atoms with van der Waals surface area (Å²) >= 11 is 0. The van der Waals surface area contributed by atoms with Crippen molar-refractivity contribution in [3.63, 3.8) is 0 Å². The van der Waals surface area contributed by atoms with Crippen LogP contribution in [0.25, 0.3) is 0 Å². The molecule has 196 valence electrons. The number of hydrogen-bond acceptors (Lipinski definition) is 5. The second-order valence-corrected chi connectivity index (χ2v) is 10.4. The molecule has 1 aromatic rings. The molecule has 2 rings (SSSR count). The molecule has 0 unspecified atom stereocenters. The maximum atomic E-state index is 12.7. The van der Waals surface area contributed by atoms with Crippen molar-refractivity contribution in [1.29, 1.82) is 5.26 Å². The SMILES string of the molecule is CCCCCCCCCCOc1ccc(OC(=O)C2CCC(C#N)(CCCCCCC)CC2)cn1. The van der Waals surface area contributed by atoms with Gasteiger partial charge in [0.1, 0.15) is 5.75 Å². The van der Waals surface area contributed by atoms with Crippen LogP contribution in [0, 0.1) is 22.7 Å². The zero-order valence-corrected chi connectivity index (χ0v) is 22.4. The fourth-order valence-electron chi connectivity index (χ4n) is 5.02. The van der Waals surface area contributed by atoms with Gasteiger partial charge in [-0.05, 0) is 44.6 Å². The molecule has 0 spiro atoms. The van der Waals surface area contributed by atoms with Crippen LogP contribution in [0.5, 0.6) is 11.6 Å². The van der Waals surface area contributed by atoms with Crippen LogP contribution in [0.4, 0.5) is 0 Å². The normalized spacial score (nSPS) is 19.7. The highest BCUT2D eigenvalue weighted by Crippen LogP contribution is 2.42. The summed E-state index contributed by atoms with van der Waals surface area (Å²) in [5, 5.41) is 9.79. The number of nitriles is 1. The molecule has 1 heterocycles. The van der Waals surface area contributed by atoms with Crippen LogP contribution in [0.1, 0.15) is 129 Å². The quantitative estimate of drug-likeness (QED) is 0.154. The van der Waals surface area contributed by atoms with E-state index in [9.17, 15) is 10.1 Å². The van der Waals surface area contributed by atoms with Crippen molar-refractivity contribution in [2.24, 2.45) is 11.3 Å². The molecule has 5 heteroatoms. The first-order valence-electron chi connectivity index (χ1n) is 14.3. The van der Waals surface area contributed by atoms with Gasteiger partial charge >= 0.3 is 5.97 Å². The van der Waals surface area contributed by atoms with Gasteiger partial charge in [0.15, 0.2) is 0 Å². The summed E-state index contributed by atoms with van der Waals surface area (Å²) < 4.78 is 11.3. The van der Waals surface area contributed by atoms with Gasteiger partial charge in [-0.2, -0.15) is 5.26 Å². The van der Waals surface area contributed by atoms with Crippen LogP contribution in [-0.2, 0) is 4.79 Å². The summed E-state index contributed by atoms with van der Waals surface area (Å²) in [4.78, 5) is 17.0. The number of pyridine rings is 1. The third-order valence-corrected chi connectivity index (χ3v) is 7.45. The molecule has 0 bridgehead atoms. The number of carbonyl (C=O) groups is 1. The minimum absolute atomic E-state index is 0.130. The van der Waals surface area contributed by atoms with Crippen molar-refractivity contribution >= 4 is 5.97 Å². The third kappa shape index (κ3) is 11.5. The second-order valence-electron chi connectivity index (χ2n) is 10.4. The van der Waals surface area contributed by atoms with Crippen LogP contribution in [-0.4, -0.2) is 17.6 Å². The highest BCUT2D eigenvalue weighted by molar-refractivity contribution is 5.75. The lowest BCUT2D eigenvalue weighted by Gasteiger charge is -2.34. The Hall–Kier alpha value is -2.09. The molecule has 1 aromatic heterocycles. The Morgan fingerprint density at radius 2 is 1.54 bits per heavy atom. The highest BCUT2D eigenvalue weighted by Gasteiger charge is 2.38. The van der Waals surface area contributed by atoms with Crippen LogP contribution in [0.2, 0.25) is 0 Å². The Morgan fingerprint density at radius 3 is 2.11 bits per heavy atom. The van der Waals surface area contributed by atoms with Gasteiger partial charge in [-0.3, -0.25) is 4.79 Å². The predicted octanol–water partition coefficient (Wildman–Crippen LogP) is 8.57. The Morgan fingerprint density at radius 1 is 0.943 bits per heavy atom. The second kappa shape index (κ2) is 17.4. The molecule has 0 saturated heterocycles. The summed E-state index contributed by atoms with van der Waals surface area (Å²) in [6.45, 7) is 5.13. The summed E-state index contributed by atoms with van der Waals surface area (Å²) in [6, 6.07) is 6.11. The molecule has 1 aliphatic rings. The van der Waals surface area contributed by atoms with Gasteiger partial charge in [0, 0.05) is 6.07 Å². The maximum absolute atomic E-state index is 12.7. The van der Waals surface area contributed by atoms with Crippen molar-refractivity contribution in [2.45, 2.75) is 129 Å². The van der Waals surface area contributed by atoms with E-state index in [0.717, 1.165) is 44.9 Å². The van der Waals surface area contributed by atoms with Gasteiger partial charge in [0.2, 0.25) is 5.88 Å². The highest BCUT2D eigenvalue weighted by atomic mass is 16.5. The summed E-state index contributed by atoms with van der Waals surface area (Å²) in [5.41, 5.74) is -0.251. The molecule has 1 saturated carbocycles. The van der Waals surface area contributed by atoms with E-state index in [1.165, 1.54) is 70.6 Å². The number of esters is 1. The van der Waals surface area contributed by atoms with E-state index in [0.29, 0.717) is 18.2 Å². The topological polar surface area (TPSA) is 72.2 Å². The van der Waals surface area contributed by atoms with Crippen molar-refractivity contribution in [2.75, 3.05) is 6.61 Å². The zero-order valence-electron chi connectivity index (χ0n) is 22.4. The summed E-state index contributed by atoms with van der Waals surface area (Å²) in [5.74, 6) is 0.703. The molecule has 0 atom stereocenters. The summed E-state index contributed by atoms with van der Waals surface area (Å²) in [6.07, 6.45) is 21.8. The van der Waals surface area contributed by atoms with Gasteiger partial charge in [-0.25, -0.2) is 4.98 Å². The molecule has 5 nitrogen and oxygen atoms in total. The predicted molar refractivity (Wildman–Crippen MR) is 141 cm³/mol. The van der Waals surface area contributed by atoms with Gasteiger partial charge < -0.3 is 9.47 Å². The van der Waals surface area contributed by atoms with Gasteiger partial charge in [-0.1, -0.05) is 90.9 Å². The van der Waals surface area contributed by atoms with Gasteiger partial charge in [-0.15, -0.1) is 0 Å². The molecule has 0 amide bonds. The monoisotopic (exact) mass is 484 g/mol. The average Bonchev–Trinajstić information content (AvgIpc) is 2.89. The smallest absolute Gasteiger partial charge is 0.314 e. The van der Waals surface area contributed by atoms with E-state index in [1.807, 2.05) is 0 Å². The Kier molecular flexibility index (Phi) is 14.5. The Labute approximate surface area is 214 Å². The summed E-state index contributed by atoms with van der Waals surface area (Å²) in [7, 11) is 0. The average molecular weight is 485 g/mol. The number of ether oxygens (including phenoxy) is 2. The first-order valence-corrected chi connectivity index (χ1v) is 14.3. The zero-order chi connectivity index (χ0) is 25.2. The minimum atomic E-state index is -0.251. The fraction of sp³-hybridized carbons (Fsp3) is 0.767. The first-order chi connectivity index (χ1) is 17.1. The Balaban J connectivity index is 1.63. The number of aromatic nitrogens is 1. The molecule has 0 aromatic carbocycles. The largest absolute Gasteiger partial charge is 0.478 e. The third-order valence-electron chi connectivity index (χ3n) is 7.45. The van der Waals surface area contributed by atoms with Crippen LogP contribution in [0.3, 0.4) is 0 Å². The van der Waals surface area contributed by atoms with Crippen LogP contribution in [0.15, 0.2) is 18.3 Å². The lowest BCUT2D eigenvalue weighted by Crippen LogP contribution is -2.31. The molecule has 1 fully saturated rings. The molecule has 0 radical (unpaired) electrons. The molecular formula is C30H48N2O3. The van der Waals surface area contributed by atoms with Crippen molar-refractivity contribution < 1.29 is 14.3 Å². The molecule has 0 N–H and O–H groups in total. The standard InChI is InChI=1S/C30H48N2O3/c1-3-5-7-9-10-11-13-15-23-34-28-17-16-27(24-32-28)35-29(33)26-18-21-30(25-31,22-19-26)20-14-12-8-6-4-2/h16-17,24,26H,3-15,18-23H2,1-2H3.